The molecular formula is C15H15N3O3. The Hall–Kier alpha value is -2.89. The number of carbonyl (C=O) groups is 2. The van der Waals surface area contributed by atoms with Crippen molar-refractivity contribution in [3.8, 4) is 0 Å². The Morgan fingerprint density at radius 1 is 1.24 bits per heavy atom. The maximum absolute atomic E-state index is 12.0. The SMILES string of the molecule is CN(C(=O)NCc1ccc(C(=O)O)cc1)c1cccnc1. The highest BCUT2D eigenvalue weighted by atomic mass is 16.4. The molecule has 1 aromatic carbocycles. The summed E-state index contributed by atoms with van der Waals surface area (Å²) in [6.45, 7) is 0.323. The van der Waals surface area contributed by atoms with Gasteiger partial charge in [-0.15, -0.1) is 0 Å². The Morgan fingerprint density at radius 2 is 1.95 bits per heavy atom. The van der Waals surface area contributed by atoms with Gasteiger partial charge in [-0.2, -0.15) is 0 Å². The first-order valence-electron chi connectivity index (χ1n) is 6.32. The van der Waals surface area contributed by atoms with Gasteiger partial charge in [0.2, 0.25) is 0 Å². The number of aromatic nitrogens is 1. The number of nitrogens with zero attached hydrogens (tertiary/aromatic N) is 2. The average molecular weight is 285 g/mol. The molecule has 0 fully saturated rings. The van der Waals surface area contributed by atoms with Gasteiger partial charge >= 0.3 is 12.0 Å². The molecule has 6 nitrogen and oxygen atoms in total. The number of carboxylic acids is 1. The van der Waals surface area contributed by atoms with Gasteiger partial charge in [-0.3, -0.25) is 9.88 Å². The number of hydrogen-bond acceptors (Lipinski definition) is 3. The van der Waals surface area contributed by atoms with Crippen LogP contribution in [0, 0.1) is 0 Å². The van der Waals surface area contributed by atoms with Crippen molar-refractivity contribution in [2.24, 2.45) is 0 Å². The van der Waals surface area contributed by atoms with Crippen LogP contribution in [-0.2, 0) is 6.54 Å². The minimum Gasteiger partial charge on any atom is -0.478 e. The van der Waals surface area contributed by atoms with Crippen LogP contribution in [0.25, 0.3) is 0 Å². The first-order chi connectivity index (χ1) is 10.1. The highest BCUT2D eigenvalue weighted by molar-refractivity contribution is 5.91. The van der Waals surface area contributed by atoms with Crippen LogP contribution in [0.15, 0.2) is 48.8 Å². The van der Waals surface area contributed by atoms with Gasteiger partial charge in [-0.1, -0.05) is 12.1 Å². The molecule has 1 aromatic heterocycles. The van der Waals surface area contributed by atoms with Crippen molar-refractivity contribution in [1.82, 2.24) is 10.3 Å². The number of rotatable bonds is 4. The zero-order chi connectivity index (χ0) is 15.2. The van der Waals surface area contributed by atoms with E-state index in [0.29, 0.717) is 12.2 Å². The normalized spacial score (nSPS) is 9.95. The predicted molar refractivity (Wildman–Crippen MR) is 78.3 cm³/mol. The predicted octanol–water partition coefficient (Wildman–Crippen LogP) is 2.13. The number of amides is 2. The Balaban J connectivity index is 1.93. The van der Waals surface area contributed by atoms with Gasteiger partial charge in [0.15, 0.2) is 0 Å². The number of urea groups is 1. The van der Waals surface area contributed by atoms with Crippen molar-refractivity contribution >= 4 is 17.7 Å². The summed E-state index contributed by atoms with van der Waals surface area (Å²) in [5.41, 5.74) is 1.74. The lowest BCUT2D eigenvalue weighted by atomic mass is 10.1. The highest BCUT2D eigenvalue weighted by Gasteiger charge is 2.10. The summed E-state index contributed by atoms with van der Waals surface area (Å²) in [4.78, 5) is 28.1. The number of anilines is 1. The first kappa shape index (κ1) is 14.5. The van der Waals surface area contributed by atoms with Crippen LogP contribution < -0.4 is 10.2 Å². The van der Waals surface area contributed by atoms with Crippen molar-refractivity contribution in [1.29, 1.82) is 0 Å². The van der Waals surface area contributed by atoms with Gasteiger partial charge < -0.3 is 10.4 Å². The summed E-state index contributed by atoms with van der Waals surface area (Å²) in [6, 6.07) is 9.65. The monoisotopic (exact) mass is 285 g/mol. The van der Waals surface area contributed by atoms with E-state index in [-0.39, 0.29) is 11.6 Å². The quantitative estimate of drug-likeness (QED) is 0.901. The molecule has 0 saturated heterocycles. The molecule has 0 bridgehead atoms. The second-order valence-corrected chi connectivity index (χ2v) is 4.43. The summed E-state index contributed by atoms with van der Waals surface area (Å²) in [5.74, 6) is -0.970. The van der Waals surface area contributed by atoms with E-state index in [1.54, 1.807) is 43.7 Å². The molecule has 0 aliphatic heterocycles. The smallest absolute Gasteiger partial charge is 0.335 e. The number of aromatic carboxylic acids is 1. The Kier molecular flexibility index (Phi) is 4.50. The second-order valence-electron chi connectivity index (χ2n) is 4.43. The van der Waals surface area contributed by atoms with Crippen molar-refractivity contribution in [3.05, 3.63) is 59.9 Å². The number of carboxylic acid groups (broad SMARTS) is 1. The van der Waals surface area contributed by atoms with Gasteiger partial charge in [0.05, 0.1) is 17.4 Å². The fraction of sp³-hybridized carbons (Fsp3) is 0.133. The molecule has 0 aliphatic rings. The van der Waals surface area contributed by atoms with Crippen molar-refractivity contribution < 1.29 is 14.7 Å². The maximum Gasteiger partial charge on any atom is 0.335 e. The van der Waals surface area contributed by atoms with Gasteiger partial charge in [-0.25, -0.2) is 9.59 Å². The van der Waals surface area contributed by atoms with Gasteiger partial charge in [0.25, 0.3) is 0 Å². The summed E-state index contributed by atoms with van der Waals surface area (Å²) in [7, 11) is 1.65. The van der Waals surface area contributed by atoms with Crippen molar-refractivity contribution in [2.75, 3.05) is 11.9 Å². The van der Waals surface area contributed by atoms with E-state index in [9.17, 15) is 9.59 Å². The largest absolute Gasteiger partial charge is 0.478 e. The second kappa shape index (κ2) is 6.51. The molecule has 2 N–H and O–H groups in total. The Bertz CT molecular complexity index is 626. The number of benzene rings is 1. The number of hydrogen-bond donors (Lipinski definition) is 2. The summed E-state index contributed by atoms with van der Waals surface area (Å²) in [6.07, 6.45) is 3.24. The highest BCUT2D eigenvalue weighted by Crippen LogP contribution is 2.09. The van der Waals surface area contributed by atoms with Crippen LogP contribution in [0.1, 0.15) is 15.9 Å². The topological polar surface area (TPSA) is 82.5 Å². The van der Waals surface area contributed by atoms with Crippen molar-refractivity contribution in [2.45, 2.75) is 6.54 Å². The fourth-order valence-corrected chi connectivity index (χ4v) is 1.73. The number of pyridine rings is 1. The third kappa shape index (κ3) is 3.79. The van der Waals surface area contributed by atoms with Crippen LogP contribution in [0.5, 0.6) is 0 Å². The molecule has 2 aromatic rings. The van der Waals surface area contributed by atoms with Crippen LogP contribution >= 0.6 is 0 Å². The zero-order valence-corrected chi connectivity index (χ0v) is 11.5. The van der Waals surface area contributed by atoms with E-state index in [0.717, 1.165) is 5.56 Å². The summed E-state index contributed by atoms with van der Waals surface area (Å²) < 4.78 is 0. The maximum atomic E-state index is 12.0. The molecular weight excluding hydrogens is 270 g/mol. The lowest BCUT2D eigenvalue weighted by molar-refractivity contribution is 0.0697. The van der Waals surface area contributed by atoms with E-state index in [4.69, 9.17) is 5.11 Å². The van der Waals surface area contributed by atoms with Crippen LogP contribution in [0.4, 0.5) is 10.5 Å². The van der Waals surface area contributed by atoms with Crippen LogP contribution in [0.2, 0.25) is 0 Å². The molecule has 2 amide bonds. The van der Waals surface area contributed by atoms with Crippen LogP contribution in [-0.4, -0.2) is 29.1 Å². The number of carbonyl (C=O) groups excluding carboxylic acids is 1. The molecule has 0 unspecified atom stereocenters. The Morgan fingerprint density at radius 3 is 2.52 bits per heavy atom. The molecule has 0 saturated carbocycles. The zero-order valence-electron chi connectivity index (χ0n) is 11.5. The lowest BCUT2D eigenvalue weighted by Gasteiger charge is -2.17. The minimum absolute atomic E-state index is 0.220. The molecule has 2 rings (SSSR count). The third-order valence-corrected chi connectivity index (χ3v) is 2.98. The molecule has 6 heteroatoms. The minimum atomic E-state index is -0.970. The molecule has 0 aliphatic carbocycles. The van der Waals surface area contributed by atoms with E-state index in [2.05, 4.69) is 10.3 Å². The third-order valence-electron chi connectivity index (χ3n) is 2.98. The summed E-state index contributed by atoms with van der Waals surface area (Å²) in [5, 5.41) is 11.6. The molecule has 0 spiro atoms. The molecule has 21 heavy (non-hydrogen) atoms. The number of nitrogens with one attached hydrogen (secondary N) is 1. The molecule has 0 atom stereocenters. The standard InChI is InChI=1S/C15H15N3O3/c1-18(13-3-2-8-16-10-13)15(21)17-9-11-4-6-12(7-5-11)14(19)20/h2-8,10H,9H2,1H3,(H,17,21)(H,19,20). The molecule has 1 heterocycles. The van der Waals surface area contributed by atoms with Gasteiger partial charge in [0.1, 0.15) is 0 Å². The Labute approximate surface area is 122 Å². The van der Waals surface area contributed by atoms with E-state index >= 15 is 0 Å². The summed E-state index contributed by atoms with van der Waals surface area (Å²) >= 11 is 0. The molecule has 108 valence electrons. The van der Waals surface area contributed by atoms with Crippen molar-refractivity contribution in [3.63, 3.8) is 0 Å². The van der Waals surface area contributed by atoms with E-state index in [1.165, 1.54) is 17.0 Å². The first-order valence-corrected chi connectivity index (χ1v) is 6.32. The van der Waals surface area contributed by atoms with E-state index in [1.807, 2.05) is 0 Å². The average Bonchev–Trinajstić information content (AvgIpc) is 2.53. The van der Waals surface area contributed by atoms with Gasteiger partial charge in [-0.05, 0) is 29.8 Å². The lowest BCUT2D eigenvalue weighted by Crippen LogP contribution is -2.36. The fourth-order valence-electron chi connectivity index (χ4n) is 1.73. The van der Waals surface area contributed by atoms with Crippen LogP contribution in [0.3, 0.4) is 0 Å². The van der Waals surface area contributed by atoms with Gasteiger partial charge in [0, 0.05) is 19.8 Å². The molecule has 0 radical (unpaired) electrons. The van der Waals surface area contributed by atoms with E-state index < -0.39 is 5.97 Å².